The third kappa shape index (κ3) is 4.14. The highest BCUT2D eigenvalue weighted by atomic mass is 35.5. The van der Waals surface area contributed by atoms with Crippen molar-refractivity contribution in [2.45, 2.75) is 13.8 Å². The zero-order valence-electron chi connectivity index (χ0n) is 13.9. The molecule has 1 amide bonds. The Balaban J connectivity index is 1.85. The Morgan fingerprint density at radius 2 is 1.64 bits per heavy atom. The van der Waals surface area contributed by atoms with Crippen molar-refractivity contribution in [2.75, 3.05) is 10.6 Å². The number of halogens is 1. The highest BCUT2D eigenvalue weighted by Crippen LogP contribution is 2.22. The van der Waals surface area contributed by atoms with Gasteiger partial charge in [0.15, 0.2) is 0 Å². The molecule has 126 valence electrons. The Kier molecular flexibility index (Phi) is 4.95. The predicted molar refractivity (Wildman–Crippen MR) is 101 cm³/mol. The average molecular weight is 353 g/mol. The van der Waals surface area contributed by atoms with E-state index >= 15 is 0 Å². The van der Waals surface area contributed by atoms with Gasteiger partial charge in [-0.1, -0.05) is 41.9 Å². The van der Waals surface area contributed by atoms with Crippen molar-refractivity contribution in [3.63, 3.8) is 0 Å². The van der Waals surface area contributed by atoms with Gasteiger partial charge in [-0.25, -0.2) is 9.97 Å². The van der Waals surface area contributed by atoms with Crippen LogP contribution in [-0.4, -0.2) is 15.9 Å². The quantitative estimate of drug-likeness (QED) is 0.711. The molecule has 0 aliphatic carbocycles. The molecule has 5 nitrogen and oxygen atoms in total. The number of hydrogen-bond acceptors (Lipinski definition) is 4. The highest BCUT2D eigenvalue weighted by Gasteiger charge is 2.12. The van der Waals surface area contributed by atoms with Crippen LogP contribution in [0.2, 0.25) is 5.02 Å². The molecule has 0 bridgehead atoms. The van der Waals surface area contributed by atoms with Crippen LogP contribution in [0.15, 0.2) is 54.6 Å². The SMILES string of the molecule is Cc1nc(Nc2ccccc2C)cc(C(=O)Nc2ccccc2Cl)n1. The van der Waals surface area contributed by atoms with Gasteiger partial charge < -0.3 is 10.6 Å². The molecule has 0 aliphatic heterocycles. The molecule has 2 aromatic carbocycles. The summed E-state index contributed by atoms with van der Waals surface area (Å²) in [6.45, 7) is 3.75. The molecule has 0 radical (unpaired) electrons. The molecule has 2 N–H and O–H groups in total. The van der Waals surface area contributed by atoms with E-state index in [1.165, 1.54) is 0 Å². The number of benzene rings is 2. The van der Waals surface area contributed by atoms with Crippen molar-refractivity contribution in [2.24, 2.45) is 0 Å². The van der Waals surface area contributed by atoms with Gasteiger partial charge in [-0.15, -0.1) is 0 Å². The zero-order valence-corrected chi connectivity index (χ0v) is 14.6. The lowest BCUT2D eigenvalue weighted by atomic mass is 10.2. The molecule has 0 fully saturated rings. The van der Waals surface area contributed by atoms with Gasteiger partial charge in [0.2, 0.25) is 0 Å². The minimum Gasteiger partial charge on any atom is -0.340 e. The van der Waals surface area contributed by atoms with Gasteiger partial charge in [-0.2, -0.15) is 0 Å². The number of amides is 1. The van der Waals surface area contributed by atoms with Crippen LogP contribution in [0.25, 0.3) is 0 Å². The van der Waals surface area contributed by atoms with Crippen LogP contribution in [0.3, 0.4) is 0 Å². The van der Waals surface area contributed by atoms with Crippen LogP contribution in [0.4, 0.5) is 17.2 Å². The highest BCUT2D eigenvalue weighted by molar-refractivity contribution is 6.33. The second-order valence-electron chi connectivity index (χ2n) is 5.56. The molecule has 0 aliphatic rings. The van der Waals surface area contributed by atoms with Gasteiger partial charge in [0, 0.05) is 11.8 Å². The first-order valence-corrected chi connectivity index (χ1v) is 8.15. The first kappa shape index (κ1) is 16.9. The first-order valence-electron chi connectivity index (χ1n) is 7.77. The van der Waals surface area contributed by atoms with E-state index < -0.39 is 0 Å². The molecule has 25 heavy (non-hydrogen) atoms. The summed E-state index contributed by atoms with van der Waals surface area (Å²) in [7, 11) is 0. The number of nitrogens with zero attached hydrogens (tertiary/aromatic N) is 2. The fraction of sp³-hybridized carbons (Fsp3) is 0.105. The molecular weight excluding hydrogens is 336 g/mol. The van der Waals surface area contributed by atoms with Crippen molar-refractivity contribution in [3.05, 3.63) is 76.7 Å². The van der Waals surface area contributed by atoms with Crippen molar-refractivity contribution in [1.82, 2.24) is 9.97 Å². The number of rotatable bonds is 4. The van der Waals surface area contributed by atoms with Crippen LogP contribution in [0, 0.1) is 13.8 Å². The second-order valence-corrected chi connectivity index (χ2v) is 5.97. The number of nitrogens with one attached hydrogen (secondary N) is 2. The summed E-state index contributed by atoms with van der Waals surface area (Å²) in [6, 6.07) is 16.5. The summed E-state index contributed by atoms with van der Waals surface area (Å²) >= 11 is 6.08. The standard InChI is InChI=1S/C19H17ClN4O/c1-12-7-3-5-9-15(12)23-18-11-17(21-13(2)22-18)19(25)24-16-10-6-4-8-14(16)20/h3-11H,1-2H3,(H,24,25)(H,21,22,23). The van der Waals surface area contributed by atoms with E-state index in [1.54, 1.807) is 37.3 Å². The van der Waals surface area contributed by atoms with E-state index in [2.05, 4.69) is 20.6 Å². The summed E-state index contributed by atoms with van der Waals surface area (Å²) < 4.78 is 0. The topological polar surface area (TPSA) is 66.9 Å². The number of hydrogen-bond donors (Lipinski definition) is 2. The number of aromatic nitrogens is 2. The number of para-hydroxylation sites is 2. The van der Waals surface area contributed by atoms with Gasteiger partial charge in [-0.05, 0) is 37.6 Å². The molecule has 0 unspecified atom stereocenters. The Morgan fingerprint density at radius 3 is 2.36 bits per heavy atom. The Labute approximate surface area is 151 Å². The molecule has 1 aromatic heterocycles. The van der Waals surface area contributed by atoms with E-state index in [-0.39, 0.29) is 11.6 Å². The second kappa shape index (κ2) is 7.32. The molecule has 3 aromatic rings. The van der Waals surface area contributed by atoms with Crippen molar-refractivity contribution in [3.8, 4) is 0 Å². The third-order valence-corrected chi connectivity index (χ3v) is 3.93. The lowest BCUT2D eigenvalue weighted by Crippen LogP contribution is -2.15. The number of carbonyl (C=O) groups is 1. The lowest BCUT2D eigenvalue weighted by Gasteiger charge is -2.11. The third-order valence-electron chi connectivity index (χ3n) is 3.60. The Hall–Kier alpha value is -2.92. The molecule has 6 heteroatoms. The van der Waals surface area contributed by atoms with Gasteiger partial charge >= 0.3 is 0 Å². The molecular formula is C19H17ClN4O. The molecule has 0 saturated carbocycles. The fourth-order valence-corrected chi connectivity index (χ4v) is 2.53. The predicted octanol–water partition coefficient (Wildman–Crippen LogP) is 4.74. The minimum absolute atomic E-state index is 0.267. The Morgan fingerprint density at radius 1 is 0.960 bits per heavy atom. The van der Waals surface area contributed by atoms with Crippen molar-refractivity contribution >= 4 is 34.7 Å². The van der Waals surface area contributed by atoms with Gasteiger partial charge in [0.25, 0.3) is 5.91 Å². The maximum absolute atomic E-state index is 12.5. The maximum atomic E-state index is 12.5. The lowest BCUT2D eigenvalue weighted by molar-refractivity contribution is 0.102. The summed E-state index contributed by atoms with van der Waals surface area (Å²) in [5.74, 6) is 0.723. The van der Waals surface area contributed by atoms with Crippen LogP contribution in [0.5, 0.6) is 0 Å². The van der Waals surface area contributed by atoms with E-state index in [4.69, 9.17) is 11.6 Å². The van der Waals surface area contributed by atoms with Gasteiger partial charge in [0.05, 0.1) is 10.7 Å². The van der Waals surface area contributed by atoms with Gasteiger partial charge in [-0.3, -0.25) is 4.79 Å². The summed E-state index contributed by atoms with van der Waals surface area (Å²) in [4.78, 5) is 21.1. The molecule has 3 rings (SSSR count). The smallest absolute Gasteiger partial charge is 0.274 e. The summed E-state index contributed by atoms with van der Waals surface area (Å²) in [6.07, 6.45) is 0. The van der Waals surface area contributed by atoms with E-state index in [1.807, 2.05) is 31.2 Å². The van der Waals surface area contributed by atoms with E-state index in [0.717, 1.165) is 11.3 Å². The maximum Gasteiger partial charge on any atom is 0.274 e. The normalized spacial score (nSPS) is 10.4. The fourth-order valence-electron chi connectivity index (χ4n) is 2.35. The van der Waals surface area contributed by atoms with Crippen LogP contribution >= 0.6 is 11.6 Å². The van der Waals surface area contributed by atoms with Crippen molar-refractivity contribution < 1.29 is 4.79 Å². The van der Waals surface area contributed by atoms with Gasteiger partial charge in [0.1, 0.15) is 17.3 Å². The Bertz CT molecular complexity index is 927. The number of anilines is 3. The molecule has 0 atom stereocenters. The van der Waals surface area contributed by atoms with Crippen molar-refractivity contribution in [1.29, 1.82) is 0 Å². The van der Waals surface area contributed by atoms with Crippen LogP contribution in [-0.2, 0) is 0 Å². The molecule has 1 heterocycles. The monoisotopic (exact) mass is 352 g/mol. The first-order chi connectivity index (χ1) is 12.0. The zero-order chi connectivity index (χ0) is 17.8. The van der Waals surface area contributed by atoms with E-state index in [0.29, 0.717) is 22.4 Å². The van der Waals surface area contributed by atoms with Crippen LogP contribution < -0.4 is 10.6 Å². The number of carbonyl (C=O) groups excluding carboxylic acids is 1. The number of aryl methyl sites for hydroxylation is 2. The largest absolute Gasteiger partial charge is 0.340 e. The molecule has 0 saturated heterocycles. The minimum atomic E-state index is -0.341. The summed E-state index contributed by atoms with van der Waals surface area (Å²) in [5, 5.41) is 6.47. The molecule has 0 spiro atoms. The summed E-state index contributed by atoms with van der Waals surface area (Å²) in [5.41, 5.74) is 2.82. The van der Waals surface area contributed by atoms with E-state index in [9.17, 15) is 4.79 Å². The average Bonchev–Trinajstić information content (AvgIpc) is 2.58. The van der Waals surface area contributed by atoms with Crippen LogP contribution in [0.1, 0.15) is 21.9 Å².